The number of aromatic nitrogens is 4. The topological polar surface area (TPSA) is 181 Å². The smallest absolute Gasteiger partial charge is 0.410 e. The number of ether oxygens (including phenoxy) is 2. The van der Waals surface area contributed by atoms with E-state index in [2.05, 4.69) is 35.5 Å². The van der Waals surface area contributed by atoms with Gasteiger partial charge in [-0.15, -0.1) is 0 Å². The zero-order valence-corrected chi connectivity index (χ0v) is 32.3. The lowest BCUT2D eigenvalue weighted by atomic mass is 10.0. The average molecular weight is 767 g/mol. The molecule has 2 N–H and O–H groups in total. The van der Waals surface area contributed by atoms with Gasteiger partial charge in [0.05, 0.1) is 40.4 Å². The van der Waals surface area contributed by atoms with Crippen LogP contribution < -0.4 is 25.6 Å². The van der Waals surface area contributed by atoms with Crippen LogP contribution in [0.2, 0.25) is 5.02 Å². The molecule has 2 saturated heterocycles. The maximum absolute atomic E-state index is 13.4. The number of fused-ring (bicyclic) bond motifs is 1. The number of rotatable bonds is 9. The Morgan fingerprint density at radius 1 is 1.00 bits per heavy atom. The van der Waals surface area contributed by atoms with Crippen LogP contribution in [-0.2, 0) is 9.30 Å². The van der Waals surface area contributed by atoms with Crippen molar-refractivity contribution in [3.63, 3.8) is 0 Å². The highest BCUT2D eigenvalue weighted by molar-refractivity contribution is 7.71. The van der Waals surface area contributed by atoms with Gasteiger partial charge in [-0.3, -0.25) is 25.0 Å². The van der Waals surface area contributed by atoms with E-state index in [-0.39, 0.29) is 28.6 Å². The van der Waals surface area contributed by atoms with Crippen LogP contribution >= 0.6 is 18.7 Å². The zero-order chi connectivity index (χ0) is 38.1. The zero-order valence-electron chi connectivity index (χ0n) is 30.6. The second-order valence-corrected chi connectivity index (χ2v) is 18.0. The van der Waals surface area contributed by atoms with Crippen molar-refractivity contribution in [3.8, 4) is 5.75 Å². The fraction of sp³-hybridized carbons (Fsp3) is 0.457. The molecular formula is C35H44ClN10O6P. The van der Waals surface area contributed by atoms with Crippen molar-refractivity contribution in [1.29, 1.82) is 0 Å². The number of amides is 1. The predicted octanol–water partition coefficient (Wildman–Crippen LogP) is 6.25. The van der Waals surface area contributed by atoms with E-state index in [9.17, 15) is 19.5 Å². The normalized spacial score (nSPS) is 16.1. The van der Waals surface area contributed by atoms with Crippen molar-refractivity contribution in [2.45, 2.75) is 45.3 Å². The largest absolute Gasteiger partial charge is 0.494 e. The Kier molecular flexibility index (Phi) is 10.9. The molecule has 0 aliphatic carbocycles. The van der Waals surface area contributed by atoms with Crippen LogP contribution in [0.15, 0.2) is 42.9 Å². The number of halogens is 1. The number of methoxy groups -OCH3 is 1. The minimum absolute atomic E-state index is 0.0893. The van der Waals surface area contributed by atoms with Crippen LogP contribution in [0.4, 0.5) is 39.3 Å². The summed E-state index contributed by atoms with van der Waals surface area (Å²) in [6.07, 6.45) is 5.86. The summed E-state index contributed by atoms with van der Waals surface area (Å²) in [7, 11) is -1.36. The van der Waals surface area contributed by atoms with Gasteiger partial charge in [0, 0.05) is 69.8 Å². The van der Waals surface area contributed by atoms with Gasteiger partial charge in [0.1, 0.15) is 34.7 Å². The van der Waals surface area contributed by atoms with Crippen LogP contribution in [0.25, 0.3) is 11.0 Å². The standard InChI is InChI=1S/C35H44ClN10O6P/c1-35(2,3)52-34(47)45-17-15-43(16-18-45)22-9-13-44(14-10-22)27-20-29(51-4)26(19-28(27)46(48)49)41-33-39-21-23(36)32(42-33)40-25-8-7-24-30(38-12-11-37-24)31(25)53(5,6)50/h7-8,11-12,19-22H,9-10,13-18H2,1-6H3,(H2,39,40,41,42). The van der Waals surface area contributed by atoms with E-state index in [1.165, 1.54) is 19.4 Å². The summed E-state index contributed by atoms with van der Waals surface area (Å²) in [5.74, 6) is 0.691. The minimum atomic E-state index is -2.86. The summed E-state index contributed by atoms with van der Waals surface area (Å²) in [4.78, 5) is 48.3. The number of nitrogens with zero attached hydrogens (tertiary/aromatic N) is 8. The molecule has 2 aliphatic heterocycles. The van der Waals surface area contributed by atoms with Crippen molar-refractivity contribution in [3.05, 3.63) is 58.0 Å². The van der Waals surface area contributed by atoms with Gasteiger partial charge in [0.2, 0.25) is 5.95 Å². The molecule has 1 amide bonds. The van der Waals surface area contributed by atoms with Gasteiger partial charge in [-0.05, 0) is 59.1 Å². The van der Waals surface area contributed by atoms with E-state index in [1.807, 2.05) is 25.7 Å². The molecule has 282 valence electrons. The van der Waals surface area contributed by atoms with Crippen molar-refractivity contribution in [2.24, 2.45) is 0 Å². The van der Waals surface area contributed by atoms with Gasteiger partial charge in [0.15, 0.2) is 5.82 Å². The van der Waals surface area contributed by atoms with E-state index in [0.29, 0.717) is 71.4 Å². The maximum atomic E-state index is 13.4. The molecule has 0 saturated carbocycles. The fourth-order valence-corrected chi connectivity index (χ4v) is 8.25. The molecule has 53 heavy (non-hydrogen) atoms. The van der Waals surface area contributed by atoms with E-state index < -0.39 is 17.7 Å². The molecule has 0 radical (unpaired) electrons. The maximum Gasteiger partial charge on any atom is 0.410 e. The van der Waals surface area contributed by atoms with Crippen molar-refractivity contribution >= 4 is 75.7 Å². The van der Waals surface area contributed by atoms with Crippen molar-refractivity contribution in [1.82, 2.24) is 29.7 Å². The highest BCUT2D eigenvalue weighted by Gasteiger charge is 2.33. The SMILES string of the molecule is COc1cc(N2CCC(N3CCN(C(=O)OC(C)(C)C)CC3)CC2)c([N+](=O)[O-])cc1Nc1ncc(Cl)c(Nc2ccc3nccnc3c2P(C)(C)=O)n1. The molecule has 2 aliphatic rings. The van der Waals surface area contributed by atoms with Crippen LogP contribution in [-0.4, -0.2) is 112 Å². The lowest BCUT2D eigenvalue weighted by Gasteiger charge is -2.43. The average Bonchev–Trinajstić information content (AvgIpc) is 3.11. The highest BCUT2D eigenvalue weighted by Crippen LogP contribution is 2.42. The summed E-state index contributed by atoms with van der Waals surface area (Å²) in [5.41, 5.74) is 1.74. The molecular weight excluding hydrogens is 723 g/mol. The minimum Gasteiger partial charge on any atom is -0.494 e. The third-order valence-electron chi connectivity index (χ3n) is 9.18. The molecule has 2 aromatic carbocycles. The Labute approximate surface area is 312 Å². The number of piperidine rings is 1. The molecule has 0 unspecified atom stereocenters. The number of benzene rings is 2. The first-order valence-electron chi connectivity index (χ1n) is 17.3. The summed E-state index contributed by atoms with van der Waals surface area (Å²) in [6.45, 7) is 12.8. The van der Waals surface area contributed by atoms with Gasteiger partial charge < -0.3 is 34.5 Å². The summed E-state index contributed by atoms with van der Waals surface area (Å²) in [5, 5.41) is 19.4. The van der Waals surface area contributed by atoms with Gasteiger partial charge in [-0.2, -0.15) is 4.98 Å². The molecule has 4 heterocycles. The highest BCUT2D eigenvalue weighted by atomic mass is 35.5. The first-order valence-corrected chi connectivity index (χ1v) is 20.3. The summed E-state index contributed by atoms with van der Waals surface area (Å²) in [6, 6.07) is 6.90. The molecule has 2 fully saturated rings. The predicted molar refractivity (Wildman–Crippen MR) is 206 cm³/mol. The molecule has 16 nitrogen and oxygen atoms in total. The van der Waals surface area contributed by atoms with E-state index in [0.717, 1.165) is 25.9 Å². The van der Waals surface area contributed by atoms with Crippen LogP contribution in [0.3, 0.4) is 0 Å². The number of hydrogen-bond donors (Lipinski definition) is 2. The monoisotopic (exact) mass is 766 g/mol. The third kappa shape index (κ3) is 8.72. The number of nitro groups is 1. The number of hydrogen-bond acceptors (Lipinski definition) is 14. The van der Waals surface area contributed by atoms with Crippen LogP contribution in [0.1, 0.15) is 33.6 Å². The number of nitrogens with one attached hydrogen (secondary N) is 2. The Bertz CT molecular complexity index is 2060. The summed E-state index contributed by atoms with van der Waals surface area (Å²) < 4.78 is 24.6. The number of nitro benzene ring substituents is 1. The van der Waals surface area contributed by atoms with E-state index in [1.54, 1.807) is 48.8 Å². The third-order valence-corrected chi connectivity index (χ3v) is 11.0. The lowest BCUT2D eigenvalue weighted by Crippen LogP contribution is -2.55. The van der Waals surface area contributed by atoms with Crippen molar-refractivity contribution in [2.75, 3.05) is 75.2 Å². The number of carbonyl (C=O) groups excluding carboxylic acids is 1. The molecule has 0 atom stereocenters. The molecule has 4 aromatic rings. The first kappa shape index (κ1) is 38.0. The van der Waals surface area contributed by atoms with Gasteiger partial charge >= 0.3 is 6.09 Å². The van der Waals surface area contributed by atoms with Gasteiger partial charge in [-0.1, -0.05) is 11.6 Å². The molecule has 18 heteroatoms. The number of piperazine rings is 1. The Morgan fingerprint density at radius 2 is 1.70 bits per heavy atom. The van der Waals surface area contributed by atoms with Gasteiger partial charge in [0.25, 0.3) is 5.69 Å². The Balaban J connectivity index is 1.17. The molecule has 2 aromatic heterocycles. The Hall–Kier alpha value is -4.79. The lowest BCUT2D eigenvalue weighted by molar-refractivity contribution is -0.384. The number of anilines is 5. The van der Waals surface area contributed by atoms with Crippen LogP contribution in [0.5, 0.6) is 5.75 Å². The van der Waals surface area contributed by atoms with E-state index in [4.69, 9.17) is 21.1 Å². The molecule has 6 rings (SSSR count). The fourth-order valence-electron chi connectivity index (χ4n) is 6.72. The second kappa shape index (κ2) is 15.3. The quantitative estimate of drug-likeness (QED) is 0.111. The summed E-state index contributed by atoms with van der Waals surface area (Å²) >= 11 is 6.51. The second-order valence-electron chi connectivity index (χ2n) is 14.4. The first-order chi connectivity index (χ1) is 25.1. The van der Waals surface area contributed by atoms with Crippen molar-refractivity contribution < 1.29 is 23.8 Å². The van der Waals surface area contributed by atoms with E-state index >= 15 is 0 Å². The van der Waals surface area contributed by atoms with Crippen LogP contribution in [0, 0.1) is 10.1 Å². The number of carbonyl (C=O) groups is 1. The van der Waals surface area contributed by atoms with Gasteiger partial charge in [-0.25, -0.2) is 9.78 Å². The Morgan fingerprint density at radius 3 is 2.34 bits per heavy atom. The molecule has 0 spiro atoms. The molecule has 0 bridgehead atoms.